The Balaban J connectivity index is 1.64. The number of hydrogen-bond donors (Lipinski definition) is 2. The van der Waals surface area contributed by atoms with E-state index in [2.05, 4.69) is 23.6 Å². The number of anilines is 1. The van der Waals surface area contributed by atoms with Crippen LogP contribution in [0.5, 0.6) is 0 Å². The van der Waals surface area contributed by atoms with Crippen molar-refractivity contribution in [1.82, 2.24) is 5.32 Å². The molecule has 1 aliphatic carbocycles. The van der Waals surface area contributed by atoms with E-state index in [-0.39, 0.29) is 18.4 Å². The average molecular weight is 353 g/mol. The van der Waals surface area contributed by atoms with Crippen LogP contribution in [0.1, 0.15) is 39.7 Å². The molecule has 0 saturated heterocycles. The summed E-state index contributed by atoms with van der Waals surface area (Å²) in [5, 5.41) is 15.4. The number of fused-ring (bicyclic) bond motifs is 1. The van der Waals surface area contributed by atoms with E-state index >= 15 is 0 Å². The third-order valence-corrected chi connectivity index (χ3v) is 5.49. The Kier molecular flexibility index (Phi) is 5.15. The first-order chi connectivity index (χ1) is 12.1. The average Bonchev–Trinajstić information content (AvgIpc) is 2.96. The fourth-order valence-electron chi connectivity index (χ4n) is 2.98. The molecule has 0 fully saturated rings. The van der Waals surface area contributed by atoms with Gasteiger partial charge in [-0.1, -0.05) is 25.1 Å². The van der Waals surface area contributed by atoms with Crippen LogP contribution < -0.4 is 10.6 Å². The first kappa shape index (κ1) is 17.2. The summed E-state index contributed by atoms with van der Waals surface area (Å²) >= 11 is 1.48. The molecule has 6 heteroatoms. The maximum Gasteiger partial charge on any atom is 0.251 e. The molecule has 0 aliphatic heterocycles. The standard InChI is InChI=1S/C19H19N3O2S/c1-12-7-8-14-15(10-20)19(25-16(14)9-12)22-17(23)11-21-18(24)13-5-3-2-4-6-13/h2-6,12H,7-9,11H2,1H3,(H,21,24)(H,22,23). The van der Waals surface area contributed by atoms with Crippen molar-refractivity contribution in [1.29, 1.82) is 5.26 Å². The molecule has 0 saturated carbocycles. The topological polar surface area (TPSA) is 82.0 Å². The van der Waals surface area contributed by atoms with Gasteiger partial charge >= 0.3 is 0 Å². The highest BCUT2D eigenvalue weighted by atomic mass is 32.1. The molecule has 0 bridgehead atoms. The number of carbonyl (C=O) groups is 2. The van der Waals surface area contributed by atoms with E-state index in [4.69, 9.17) is 0 Å². The van der Waals surface area contributed by atoms with Gasteiger partial charge in [-0.15, -0.1) is 11.3 Å². The van der Waals surface area contributed by atoms with Crippen molar-refractivity contribution in [3.8, 4) is 6.07 Å². The number of hydrogen-bond acceptors (Lipinski definition) is 4. The van der Waals surface area contributed by atoms with Gasteiger partial charge in [0.1, 0.15) is 11.1 Å². The van der Waals surface area contributed by atoms with E-state index in [1.165, 1.54) is 16.2 Å². The van der Waals surface area contributed by atoms with Crippen molar-refractivity contribution in [2.45, 2.75) is 26.2 Å². The van der Waals surface area contributed by atoms with Gasteiger partial charge in [0, 0.05) is 10.4 Å². The van der Waals surface area contributed by atoms with Crippen LogP contribution >= 0.6 is 11.3 Å². The molecule has 5 nitrogen and oxygen atoms in total. The molecule has 1 aromatic heterocycles. The van der Waals surface area contributed by atoms with Crippen molar-refractivity contribution >= 4 is 28.2 Å². The summed E-state index contributed by atoms with van der Waals surface area (Å²) in [6.45, 7) is 2.07. The van der Waals surface area contributed by atoms with Crippen LogP contribution in [0.25, 0.3) is 0 Å². The first-order valence-corrected chi connectivity index (χ1v) is 9.08. The smallest absolute Gasteiger partial charge is 0.251 e. The predicted molar refractivity (Wildman–Crippen MR) is 97.6 cm³/mol. The number of nitriles is 1. The van der Waals surface area contributed by atoms with E-state index in [0.717, 1.165) is 24.8 Å². The van der Waals surface area contributed by atoms with E-state index in [1.54, 1.807) is 24.3 Å². The molecule has 0 radical (unpaired) electrons. The fraction of sp³-hybridized carbons (Fsp3) is 0.316. The molecule has 1 heterocycles. The van der Waals surface area contributed by atoms with Crippen LogP contribution in [-0.2, 0) is 17.6 Å². The Morgan fingerprint density at radius 1 is 1.32 bits per heavy atom. The molecule has 2 aromatic rings. The highest BCUT2D eigenvalue weighted by Crippen LogP contribution is 2.39. The normalized spacial score (nSPS) is 15.8. The molecule has 1 atom stereocenters. The summed E-state index contributed by atoms with van der Waals surface area (Å²) in [6, 6.07) is 11.0. The lowest BCUT2D eigenvalue weighted by Crippen LogP contribution is -2.32. The zero-order valence-corrected chi connectivity index (χ0v) is 14.8. The predicted octanol–water partition coefficient (Wildman–Crippen LogP) is 3.11. The molecule has 2 N–H and O–H groups in total. The van der Waals surface area contributed by atoms with Crippen LogP contribution in [0, 0.1) is 17.2 Å². The molecular formula is C19H19N3O2S. The number of thiophene rings is 1. The van der Waals surface area contributed by atoms with Gasteiger partial charge in [-0.2, -0.15) is 5.26 Å². The summed E-state index contributed by atoms with van der Waals surface area (Å²) in [5.74, 6) is -0.0191. The Labute approximate surface area is 150 Å². The maximum absolute atomic E-state index is 12.2. The Morgan fingerprint density at radius 2 is 2.08 bits per heavy atom. The minimum Gasteiger partial charge on any atom is -0.343 e. The third kappa shape index (κ3) is 3.89. The molecule has 128 valence electrons. The highest BCUT2D eigenvalue weighted by molar-refractivity contribution is 7.16. The van der Waals surface area contributed by atoms with Gasteiger partial charge < -0.3 is 10.6 Å². The van der Waals surface area contributed by atoms with Gasteiger partial charge in [-0.3, -0.25) is 9.59 Å². The van der Waals surface area contributed by atoms with Gasteiger partial charge in [-0.05, 0) is 42.9 Å². The van der Waals surface area contributed by atoms with Crippen LogP contribution in [-0.4, -0.2) is 18.4 Å². The second-order valence-electron chi connectivity index (χ2n) is 6.26. The van der Waals surface area contributed by atoms with E-state index < -0.39 is 0 Å². The quantitative estimate of drug-likeness (QED) is 0.886. The number of nitrogens with one attached hydrogen (secondary N) is 2. The van der Waals surface area contributed by atoms with Crippen LogP contribution in [0.4, 0.5) is 5.00 Å². The molecule has 0 spiro atoms. The highest BCUT2D eigenvalue weighted by Gasteiger charge is 2.24. The summed E-state index contributed by atoms with van der Waals surface area (Å²) < 4.78 is 0. The number of amides is 2. The zero-order chi connectivity index (χ0) is 17.8. The van der Waals surface area contributed by atoms with Crippen molar-refractivity contribution in [2.24, 2.45) is 5.92 Å². The molecular weight excluding hydrogens is 334 g/mol. The molecule has 1 unspecified atom stereocenters. The van der Waals surface area contributed by atoms with Gasteiger partial charge in [-0.25, -0.2) is 0 Å². The van der Waals surface area contributed by atoms with Crippen LogP contribution in [0.2, 0.25) is 0 Å². The molecule has 3 rings (SSSR count). The minimum absolute atomic E-state index is 0.127. The van der Waals surface area contributed by atoms with Crippen molar-refractivity contribution in [3.63, 3.8) is 0 Å². The lowest BCUT2D eigenvalue weighted by Gasteiger charge is -2.17. The first-order valence-electron chi connectivity index (χ1n) is 8.26. The molecule has 1 aromatic carbocycles. The monoisotopic (exact) mass is 353 g/mol. The van der Waals surface area contributed by atoms with E-state index in [1.807, 2.05) is 6.07 Å². The lowest BCUT2D eigenvalue weighted by atomic mass is 9.89. The molecule has 25 heavy (non-hydrogen) atoms. The van der Waals surface area contributed by atoms with Crippen LogP contribution in [0.3, 0.4) is 0 Å². The zero-order valence-electron chi connectivity index (χ0n) is 14.0. The molecule has 2 amide bonds. The van der Waals surface area contributed by atoms with Gasteiger partial charge in [0.15, 0.2) is 0 Å². The van der Waals surface area contributed by atoms with E-state index in [9.17, 15) is 14.9 Å². The lowest BCUT2D eigenvalue weighted by molar-refractivity contribution is -0.115. The summed E-state index contributed by atoms with van der Waals surface area (Å²) in [5.41, 5.74) is 2.16. The van der Waals surface area contributed by atoms with Crippen molar-refractivity contribution in [3.05, 3.63) is 51.9 Å². The molecule has 1 aliphatic rings. The largest absolute Gasteiger partial charge is 0.343 e. The second-order valence-corrected chi connectivity index (χ2v) is 7.37. The van der Waals surface area contributed by atoms with Gasteiger partial charge in [0.2, 0.25) is 5.91 Å². The third-order valence-electron chi connectivity index (χ3n) is 4.32. The van der Waals surface area contributed by atoms with Crippen LogP contribution in [0.15, 0.2) is 30.3 Å². The van der Waals surface area contributed by atoms with E-state index in [0.29, 0.717) is 22.0 Å². The van der Waals surface area contributed by atoms with Gasteiger partial charge in [0.25, 0.3) is 5.91 Å². The number of nitrogens with zero attached hydrogens (tertiary/aromatic N) is 1. The van der Waals surface area contributed by atoms with Gasteiger partial charge in [0.05, 0.1) is 12.1 Å². The summed E-state index contributed by atoms with van der Waals surface area (Å²) in [7, 11) is 0. The maximum atomic E-state index is 12.2. The Hall–Kier alpha value is -2.65. The Morgan fingerprint density at radius 3 is 2.80 bits per heavy atom. The number of benzene rings is 1. The number of carbonyl (C=O) groups excluding carboxylic acids is 2. The minimum atomic E-state index is -0.326. The number of rotatable bonds is 4. The van der Waals surface area contributed by atoms with Crippen molar-refractivity contribution < 1.29 is 9.59 Å². The summed E-state index contributed by atoms with van der Waals surface area (Å²) in [4.78, 5) is 25.3. The fourth-order valence-corrected chi connectivity index (χ4v) is 4.36. The Bertz CT molecular complexity index is 836. The summed E-state index contributed by atoms with van der Waals surface area (Å²) in [6.07, 6.45) is 2.91. The second kappa shape index (κ2) is 7.49. The van der Waals surface area contributed by atoms with Crippen molar-refractivity contribution in [2.75, 3.05) is 11.9 Å². The SMILES string of the molecule is CC1CCc2c(sc(NC(=O)CNC(=O)c3ccccc3)c2C#N)C1.